The molecule has 2 aromatic rings. The molecule has 1 aromatic carbocycles. The number of halogens is 3. The van der Waals surface area contributed by atoms with Crippen molar-refractivity contribution in [2.45, 2.75) is 139 Å². The van der Waals surface area contributed by atoms with E-state index in [2.05, 4.69) is 15.0 Å². The standard InChI is InChI=1S/C42H54F3N5O9S/c1-6-25-20-24(2)10-7-8-12-27-22-41(27,37(53)48-60(56,57)40(5)16-17-40)47-34(51)31-21-28(23-49(31)36(52)32(25)50(38(54)55)39(3,4)42(43,44)45)59-35-30-14-13-26-11-9-19-58-33(26)29(30)15-18-46-35/h8,12-15,18,24-25,27-28,31-32H,6-7,9-11,16-17,19-23H2,1-5H3,(H,47,51)(H,48,53)(H,54,55)/t24-,25+,27+,28+,31-,32-,41+/m0/s1. The number of alkyl halides is 3. The lowest BCUT2D eigenvalue weighted by atomic mass is 9.82. The molecule has 18 heteroatoms. The van der Waals surface area contributed by atoms with Gasteiger partial charge in [-0.05, 0) is 102 Å². The molecule has 60 heavy (non-hydrogen) atoms. The van der Waals surface area contributed by atoms with Crippen LogP contribution in [-0.4, -0.2) is 105 Å². The minimum absolute atomic E-state index is 0.0584. The number of carbonyl (C=O) groups excluding carboxylic acids is 3. The van der Waals surface area contributed by atoms with Gasteiger partial charge >= 0.3 is 12.3 Å². The number of aryl methyl sites for hydroxylation is 1. The number of ether oxygens (including phenoxy) is 2. The third-order valence-electron chi connectivity index (χ3n) is 13.4. The van der Waals surface area contributed by atoms with Gasteiger partial charge in [0.25, 0.3) is 5.91 Å². The number of nitrogens with one attached hydrogen (secondary N) is 2. The number of hydrogen-bond acceptors (Lipinski definition) is 9. The van der Waals surface area contributed by atoms with Crippen molar-refractivity contribution in [3.05, 3.63) is 42.1 Å². The first kappa shape index (κ1) is 43.5. The smallest absolute Gasteiger partial charge is 0.411 e. The van der Waals surface area contributed by atoms with Gasteiger partial charge in [-0.3, -0.25) is 24.0 Å². The topological polar surface area (TPSA) is 185 Å². The summed E-state index contributed by atoms with van der Waals surface area (Å²) in [7, 11) is -4.12. The molecule has 2 saturated carbocycles. The summed E-state index contributed by atoms with van der Waals surface area (Å²) in [6, 6.07) is 2.19. The fourth-order valence-corrected chi connectivity index (χ4v) is 10.4. The number of carboxylic acid groups (broad SMARTS) is 1. The van der Waals surface area contributed by atoms with Crippen LogP contribution in [0.1, 0.15) is 98.0 Å². The number of allylic oxidation sites excluding steroid dienone is 1. The van der Waals surface area contributed by atoms with Crippen molar-refractivity contribution < 1.29 is 55.3 Å². The van der Waals surface area contributed by atoms with Crippen LogP contribution in [0.4, 0.5) is 18.0 Å². The van der Waals surface area contributed by atoms with Gasteiger partial charge < -0.3 is 24.8 Å². The Morgan fingerprint density at radius 2 is 1.88 bits per heavy atom. The number of carbonyl (C=O) groups is 4. The Hall–Kier alpha value is -4.61. The largest absolute Gasteiger partial charge is 0.493 e. The first-order valence-electron chi connectivity index (χ1n) is 20.8. The van der Waals surface area contributed by atoms with Gasteiger partial charge in [0.2, 0.25) is 27.7 Å². The van der Waals surface area contributed by atoms with Crippen molar-refractivity contribution in [2.75, 3.05) is 13.2 Å². The molecule has 1 aromatic heterocycles. The van der Waals surface area contributed by atoms with Gasteiger partial charge in [-0.1, -0.05) is 38.5 Å². The maximum atomic E-state index is 15.2. The summed E-state index contributed by atoms with van der Waals surface area (Å²) >= 11 is 0. The van der Waals surface area contributed by atoms with Crippen molar-refractivity contribution in [3.8, 4) is 11.6 Å². The van der Waals surface area contributed by atoms with Gasteiger partial charge in [-0.25, -0.2) is 18.2 Å². The highest BCUT2D eigenvalue weighted by Gasteiger charge is 2.64. The second-order valence-corrected chi connectivity index (χ2v) is 20.2. The highest BCUT2D eigenvalue weighted by Crippen LogP contribution is 2.48. The van der Waals surface area contributed by atoms with Crippen LogP contribution < -0.4 is 19.5 Å². The third kappa shape index (κ3) is 7.88. The SMILES string of the molecule is CC[C@@H]1C[C@@H](C)CCC=C[C@@H]2C[C@@]2(C(=O)NS(=O)(=O)C2(C)CC2)NC(=O)[C@@H]2C[C@@H](Oc3nccc4c5c(ccc34)CCCO5)CN2C(=O)[C@H]1N(C(=O)O)C(C)(C)C(F)(F)F. The van der Waals surface area contributed by atoms with E-state index in [9.17, 15) is 41.1 Å². The molecular formula is C42H54F3N5O9S. The second kappa shape index (κ2) is 15.7. The highest BCUT2D eigenvalue weighted by atomic mass is 32.2. The first-order valence-corrected chi connectivity index (χ1v) is 22.3. The molecule has 3 aliphatic heterocycles. The Morgan fingerprint density at radius 1 is 1.15 bits per heavy atom. The zero-order valence-electron chi connectivity index (χ0n) is 34.5. The molecule has 4 amide bonds. The zero-order chi connectivity index (χ0) is 43.6. The Kier molecular flexibility index (Phi) is 11.4. The van der Waals surface area contributed by atoms with E-state index in [0.29, 0.717) is 57.3 Å². The van der Waals surface area contributed by atoms with Gasteiger partial charge in [0.05, 0.1) is 17.9 Å². The van der Waals surface area contributed by atoms with Crippen LogP contribution in [-0.2, 0) is 30.8 Å². The zero-order valence-corrected chi connectivity index (χ0v) is 35.3. The van der Waals surface area contributed by atoms with Gasteiger partial charge in [0.15, 0.2) is 0 Å². The van der Waals surface area contributed by atoms with E-state index in [-0.39, 0.29) is 48.9 Å². The molecular weight excluding hydrogens is 808 g/mol. The van der Waals surface area contributed by atoms with E-state index >= 15 is 4.79 Å². The fourth-order valence-electron chi connectivity index (χ4n) is 9.07. The normalized spacial score (nSPS) is 29.4. The van der Waals surface area contributed by atoms with Crippen LogP contribution in [0.3, 0.4) is 0 Å². The van der Waals surface area contributed by atoms with Crippen LogP contribution >= 0.6 is 0 Å². The monoisotopic (exact) mass is 861 g/mol. The molecule has 328 valence electrons. The molecule has 2 aliphatic carbocycles. The lowest BCUT2D eigenvalue weighted by Crippen LogP contribution is -2.66. The predicted molar refractivity (Wildman–Crippen MR) is 213 cm³/mol. The summed E-state index contributed by atoms with van der Waals surface area (Å²) in [5, 5.41) is 14.7. The summed E-state index contributed by atoms with van der Waals surface area (Å²) in [4.78, 5) is 62.7. The number of rotatable bonds is 8. The Morgan fingerprint density at radius 3 is 2.55 bits per heavy atom. The Labute approximate surface area is 347 Å². The number of pyridine rings is 1. The number of aromatic nitrogens is 1. The lowest BCUT2D eigenvalue weighted by molar-refractivity contribution is -0.222. The summed E-state index contributed by atoms with van der Waals surface area (Å²) in [6.07, 6.45) is 0.667. The van der Waals surface area contributed by atoms with Gasteiger partial charge in [-0.15, -0.1) is 0 Å². The molecule has 1 saturated heterocycles. The van der Waals surface area contributed by atoms with Crippen molar-refractivity contribution in [3.63, 3.8) is 0 Å². The Bertz CT molecular complexity index is 2200. The van der Waals surface area contributed by atoms with Crippen molar-refractivity contribution in [1.82, 2.24) is 24.8 Å². The first-order chi connectivity index (χ1) is 28.1. The highest BCUT2D eigenvalue weighted by molar-refractivity contribution is 7.91. The quantitative estimate of drug-likeness (QED) is 0.271. The molecule has 3 fully saturated rings. The molecule has 0 unspecified atom stereocenters. The predicted octanol–water partition coefficient (Wildman–Crippen LogP) is 5.87. The Balaban J connectivity index is 1.30. The maximum absolute atomic E-state index is 15.2. The number of amides is 4. The molecule has 0 spiro atoms. The van der Waals surface area contributed by atoms with Crippen LogP contribution in [0.15, 0.2) is 36.5 Å². The molecule has 5 aliphatic rings. The van der Waals surface area contributed by atoms with E-state index in [1.807, 2.05) is 25.1 Å². The maximum Gasteiger partial charge on any atom is 0.411 e. The lowest BCUT2D eigenvalue weighted by Gasteiger charge is -2.46. The number of nitrogens with zero attached hydrogens (tertiary/aromatic N) is 3. The van der Waals surface area contributed by atoms with E-state index in [4.69, 9.17) is 9.47 Å². The van der Waals surface area contributed by atoms with E-state index in [1.165, 1.54) is 13.1 Å². The molecule has 7 rings (SSSR count). The summed E-state index contributed by atoms with van der Waals surface area (Å²) in [6.45, 7) is 6.70. The number of hydrogen-bond donors (Lipinski definition) is 3. The average Bonchev–Trinajstić information content (AvgIpc) is 4.06. The molecule has 3 N–H and O–H groups in total. The molecule has 0 radical (unpaired) electrons. The fraction of sp³-hybridized carbons (Fsp3) is 0.643. The van der Waals surface area contributed by atoms with Crippen LogP contribution in [0.5, 0.6) is 11.6 Å². The summed E-state index contributed by atoms with van der Waals surface area (Å²) in [5.41, 5.74) is -3.73. The van der Waals surface area contributed by atoms with E-state index < -0.39 is 85.9 Å². The second-order valence-electron chi connectivity index (χ2n) is 18.0. The van der Waals surface area contributed by atoms with Crippen LogP contribution in [0.2, 0.25) is 0 Å². The third-order valence-corrected chi connectivity index (χ3v) is 15.6. The minimum Gasteiger partial charge on any atom is -0.493 e. The van der Waals surface area contributed by atoms with Gasteiger partial charge in [0.1, 0.15) is 35.0 Å². The van der Waals surface area contributed by atoms with Gasteiger partial charge in [-0.2, -0.15) is 13.2 Å². The number of sulfonamides is 1. The van der Waals surface area contributed by atoms with Gasteiger partial charge in [0, 0.05) is 29.3 Å². The average molecular weight is 862 g/mol. The minimum atomic E-state index is -5.09. The van der Waals surface area contributed by atoms with Crippen LogP contribution in [0.25, 0.3) is 10.8 Å². The van der Waals surface area contributed by atoms with Crippen LogP contribution in [0, 0.1) is 17.8 Å². The van der Waals surface area contributed by atoms with Crippen molar-refractivity contribution in [1.29, 1.82) is 0 Å². The molecule has 0 bridgehead atoms. The number of benzene rings is 1. The summed E-state index contributed by atoms with van der Waals surface area (Å²) in [5.74, 6) is -3.63. The molecule has 14 nitrogen and oxygen atoms in total. The van der Waals surface area contributed by atoms with Crippen molar-refractivity contribution >= 4 is 44.6 Å². The van der Waals surface area contributed by atoms with Crippen molar-refractivity contribution in [2.24, 2.45) is 17.8 Å². The molecule has 4 heterocycles. The number of fused-ring (bicyclic) bond motifs is 5. The molecule has 7 atom stereocenters. The summed E-state index contributed by atoms with van der Waals surface area (Å²) < 4.78 is 84.5. The van der Waals surface area contributed by atoms with E-state index in [1.54, 1.807) is 19.1 Å². The van der Waals surface area contributed by atoms with E-state index in [0.717, 1.165) is 28.7 Å².